The monoisotopic (exact) mass is 427 g/mol. The van der Waals surface area contributed by atoms with Crippen LogP contribution in [-0.4, -0.2) is 39.4 Å². The third kappa shape index (κ3) is 5.04. The number of halogens is 1. The molecular weight excluding hydrogens is 410 g/mol. The highest BCUT2D eigenvalue weighted by Gasteiger charge is 2.27. The summed E-state index contributed by atoms with van der Waals surface area (Å²) in [6.45, 7) is -0.307. The summed E-state index contributed by atoms with van der Waals surface area (Å²) in [6, 6.07) is 13.8. The Balaban J connectivity index is 2.07. The predicted molar refractivity (Wildman–Crippen MR) is 96.7 cm³/mol. The highest BCUT2D eigenvalue weighted by atomic mass is 79.9. The molecule has 0 aliphatic carbocycles. The Labute approximate surface area is 155 Å². The number of carbonyl (C=O) groups excluding carboxylic acids is 1. The SMILES string of the molecule is COc1ccc(Br)cc1S(=O)(=O)N(C)CC(=O)OCc1ccccc1. The van der Waals surface area contributed by atoms with Gasteiger partial charge in [0.1, 0.15) is 23.8 Å². The minimum atomic E-state index is -3.90. The van der Waals surface area contributed by atoms with Crippen LogP contribution in [0.15, 0.2) is 57.9 Å². The Kier molecular flexibility index (Phi) is 6.57. The van der Waals surface area contributed by atoms with Gasteiger partial charge in [-0.15, -0.1) is 0 Å². The third-order valence-corrected chi connectivity index (χ3v) is 5.73. The predicted octanol–water partition coefficient (Wildman–Crippen LogP) is 2.82. The number of nitrogens with zero attached hydrogens (tertiary/aromatic N) is 1. The summed E-state index contributed by atoms with van der Waals surface area (Å²) < 4.78 is 37.1. The quantitative estimate of drug-likeness (QED) is 0.635. The maximum absolute atomic E-state index is 12.7. The molecule has 25 heavy (non-hydrogen) atoms. The van der Waals surface area contributed by atoms with Crippen molar-refractivity contribution in [2.24, 2.45) is 0 Å². The van der Waals surface area contributed by atoms with Gasteiger partial charge in [0.2, 0.25) is 10.0 Å². The van der Waals surface area contributed by atoms with Crippen LogP contribution in [0.1, 0.15) is 5.56 Å². The van der Waals surface area contributed by atoms with Crippen molar-refractivity contribution in [2.75, 3.05) is 20.7 Å². The standard InChI is InChI=1S/C17H18BrNO5S/c1-19(11-17(20)24-12-13-6-4-3-5-7-13)25(21,22)16-10-14(18)8-9-15(16)23-2/h3-10H,11-12H2,1-2H3. The molecule has 0 aliphatic heterocycles. The zero-order valence-electron chi connectivity index (χ0n) is 13.8. The Morgan fingerprint density at radius 3 is 2.48 bits per heavy atom. The molecule has 0 fully saturated rings. The normalized spacial score (nSPS) is 11.4. The van der Waals surface area contributed by atoms with Gasteiger partial charge in [-0.3, -0.25) is 4.79 Å². The van der Waals surface area contributed by atoms with Crippen molar-refractivity contribution in [2.45, 2.75) is 11.5 Å². The molecule has 0 saturated carbocycles. The van der Waals surface area contributed by atoms with Crippen molar-refractivity contribution in [1.29, 1.82) is 0 Å². The molecule has 2 rings (SSSR count). The average molecular weight is 428 g/mol. The number of benzene rings is 2. The summed E-state index contributed by atoms with van der Waals surface area (Å²) in [4.78, 5) is 11.9. The van der Waals surface area contributed by atoms with Crippen LogP contribution in [0.25, 0.3) is 0 Å². The van der Waals surface area contributed by atoms with E-state index in [0.29, 0.717) is 4.47 Å². The molecule has 0 amide bonds. The second-order valence-corrected chi connectivity index (χ2v) is 8.13. The number of sulfonamides is 1. The van der Waals surface area contributed by atoms with Crippen LogP contribution in [0, 0.1) is 0 Å². The number of rotatable bonds is 7. The Morgan fingerprint density at radius 2 is 1.84 bits per heavy atom. The van der Waals surface area contributed by atoms with Gasteiger partial charge in [-0.25, -0.2) is 8.42 Å². The summed E-state index contributed by atoms with van der Waals surface area (Å²) >= 11 is 3.24. The molecule has 0 radical (unpaired) electrons. The first-order valence-electron chi connectivity index (χ1n) is 7.34. The summed E-state index contributed by atoms with van der Waals surface area (Å²) in [6.07, 6.45) is 0. The molecule has 8 heteroatoms. The summed E-state index contributed by atoms with van der Waals surface area (Å²) in [7, 11) is -1.20. The first-order valence-corrected chi connectivity index (χ1v) is 9.57. The lowest BCUT2D eigenvalue weighted by molar-refractivity contribution is -0.144. The lowest BCUT2D eigenvalue weighted by Crippen LogP contribution is -2.33. The molecule has 0 saturated heterocycles. The Hall–Kier alpha value is -1.90. The van der Waals surface area contributed by atoms with E-state index in [9.17, 15) is 13.2 Å². The first kappa shape index (κ1) is 19.4. The molecule has 2 aromatic rings. The van der Waals surface area contributed by atoms with Crippen LogP contribution in [0.2, 0.25) is 0 Å². The highest BCUT2D eigenvalue weighted by molar-refractivity contribution is 9.10. The van der Waals surface area contributed by atoms with Crippen LogP contribution < -0.4 is 4.74 Å². The number of likely N-dealkylation sites (N-methyl/N-ethyl adjacent to an activating group) is 1. The maximum Gasteiger partial charge on any atom is 0.321 e. The van der Waals surface area contributed by atoms with Crippen LogP contribution in [0.5, 0.6) is 5.75 Å². The van der Waals surface area contributed by atoms with Gasteiger partial charge in [0.25, 0.3) is 0 Å². The number of ether oxygens (including phenoxy) is 2. The van der Waals surface area contributed by atoms with Crippen molar-refractivity contribution in [3.63, 3.8) is 0 Å². The molecule has 2 aromatic carbocycles. The van der Waals surface area contributed by atoms with Crippen LogP contribution in [0.4, 0.5) is 0 Å². The van der Waals surface area contributed by atoms with Crippen molar-refractivity contribution < 1.29 is 22.7 Å². The van der Waals surface area contributed by atoms with Crippen molar-refractivity contribution >= 4 is 31.9 Å². The fourth-order valence-electron chi connectivity index (χ4n) is 2.07. The molecule has 0 aliphatic rings. The van der Waals surface area contributed by atoms with E-state index in [2.05, 4.69) is 15.9 Å². The van der Waals surface area contributed by atoms with Gasteiger partial charge < -0.3 is 9.47 Å². The smallest absolute Gasteiger partial charge is 0.321 e. The van der Waals surface area contributed by atoms with Gasteiger partial charge in [0.15, 0.2) is 0 Å². The maximum atomic E-state index is 12.7. The second kappa shape index (κ2) is 8.46. The largest absolute Gasteiger partial charge is 0.495 e. The lowest BCUT2D eigenvalue weighted by atomic mass is 10.2. The number of hydrogen-bond acceptors (Lipinski definition) is 5. The zero-order valence-corrected chi connectivity index (χ0v) is 16.2. The fourth-order valence-corrected chi connectivity index (χ4v) is 3.88. The van der Waals surface area contributed by atoms with E-state index in [4.69, 9.17) is 9.47 Å². The molecule has 0 aromatic heterocycles. The Morgan fingerprint density at radius 1 is 1.16 bits per heavy atom. The average Bonchev–Trinajstić information content (AvgIpc) is 2.60. The van der Waals surface area contributed by atoms with E-state index in [-0.39, 0.29) is 17.3 Å². The van der Waals surface area contributed by atoms with Gasteiger partial charge in [-0.1, -0.05) is 46.3 Å². The van der Waals surface area contributed by atoms with Crippen LogP contribution >= 0.6 is 15.9 Å². The molecule has 0 bridgehead atoms. The second-order valence-electron chi connectivity index (χ2n) is 5.20. The molecule has 0 unspecified atom stereocenters. The van der Waals surface area contributed by atoms with Gasteiger partial charge in [0, 0.05) is 11.5 Å². The molecule has 6 nitrogen and oxygen atoms in total. The van der Waals surface area contributed by atoms with E-state index < -0.39 is 22.5 Å². The number of methoxy groups -OCH3 is 1. The lowest BCUT2D eigenvalue weighted by Gasteiger charge is -2.18. The molecule has 0 heterocycles. The molecule has 0 N–H and O–H groups in total. The van der Waals surface area contributed by atoms with Gasteiger partial charge in [-0.2, -0.15) is 4.31 Å². The van der Waals surface area contributed by atoms with Gasteiger partial charge in [-0.05, 0) is 23.8 Å². The van der Waals surface area contributed by atoms with E-state index >= 15 is 0 Å². The number of carbonyl (C=O) groups is 1. The minimum absolute atomic E-state index is 0.0252. The summed E-state index contributed by atoms with van der Waals surface area (Å²) in [5, 5.41) is 0. The highest BCUT2D eigenvalue weighted by Crippen LogP contribution is 2.29. The molecular formula is C17H18BrNO5S. The van der Waals surface area contributed by atoms with Crippen molar-refractivity contribution in [3.8, 4) is 5.75 Å². The molecule has 134 valence electrons. The van der Waals surface area contributed by atoms with E-state index in [1.807, 2.05) is 30.3 Å². The van der Waals surface area contributed by atoms with Crippen molar-refractivity contribution in [3.05, 3.63) is 58.6 Å². The number of esters is 1. The molecule has 0 spiro atoms. The fraction of sp³-hybridized carbons (Fsp3) is 0.235. The van der Waals surface area contributed by atoms with E-state index in [0.717, 1.165) is 9.87 Å². The zero-order chi connectivity index (χ0) is 18.4. The molecule has 0 atom stereocenters. The Bertz CT molecular complexity index is 839. The van der Waals surface area contributed by atoms with Crippen LogP contribution in [0.3, 0.4) is 0 Å². The van der Waals surface area contributed by atoms with Gasteiger partial charge in [0.05, 0.1) is 7.11 Å². The topological polar surface area (TPSA) is 72.9 Å². The minimum Gasteiger partial charge on any atom is -0.495 e. The van der Waals surface area contributed by atoms with Crippen molar-refractivity contribution in [1.82, 2.24) is 4.31 Å². The summed E-state index contributed by atoms with van der Waals surface area (Å²) in [5.74, 6) is -0.434. The first-order chi connectivity index (χ1) is 11.8. The summed E-state index contributed by atoms with van der Waals surface area (Å²) in [5.41, 5.74) is 0.829. The van der Waals surface area contributed by atoms with Crippen LogP contribution in [-0.2, 0) is 26.2 Å². The van der Waals surface area contributed by atoms with E-state index in [1.54, 1.807) is 12.1 Å². The van der Waals surface area contributed by atoms with E-state index in [1.165, 1.54) is 20.2 Å². The number of hydrogen-bond donors (Lipinski definition) is 0. The van der Waals surface area contributed by atoms with Gasteiger partial charge >= 0.3 is 5.97 Å². The third-order valence-electron chi connectivity index (χ3n) is 3.41.